The number of hydrogen-bond acceptors (Lipinski definition) is 3. The molecule has 1 aromatic rings. The fourth-order valence-electron chi connectivity index (χ4n) is 1.88. The van der Waals surface area contributed by atoms with Crippen LogP contribution in [0.2, 0.25) is 0 Å². The molecule has 3 heteroatoms. The normalized spacial score (nSPS) is 13.6. The molecular weight excluding hydrogens is 238 g/mol. The molecule has 0 saturated heterocycles. The van der Waals surface area contributed by atoms with E-state index in [1.54, 1.807) is 0 Å². The summed E-state index contributed by atoms with van der Waals surface area (Å²) in [7, 11) is 0. The van der Waals surface area contributed by atoms with E-state index in [1.807, 2.05) is 26.0 Å². The highest BCUT2D eigenvalue weighted by atomic mass is 16.5. The number of ether oxygens (including phenoxy) is 1. The summed E-state index contributed by atoms with van der Waals surface area (Å²) in [6.07, 6.45) is -0.341. The third-order valence-electron chi connectivity index (χ3n) is 2.89. The number of nitrogens with one attached hydrogen (secondary N) is 1. The lowest BCUT2D eigenvalue weighted by atomic mass is 9.86. The summed E-state index contributed by atoms with van der Waals surface area (Å²) >= 11 is 0. The Labute approximate surface area is 117 Å². The van der Waals surface area contributed by atoms with E-state index in [4.69, 9.17) is 4.74 Å². The number of aliphatic hydroxyl groups excluding tert-OH is 1. The van der Waals surface area contributed by atoms with Gasteiger partial charge >= 0.3 is 0 Å². The second-order valence-electron chi connectivity index (χ2n) is 6.21. The topological polar surface area (TPSA) is 41.5 Å². The van der Waals surface area contributed by atoms with Gasteiger partial charge in [-0.3, -0.25) is 0 Å². The number of benzene rings is 1. The first-order valence-electron chi connectivity index (χ1n) is 6.93. The molecule has 1 aromatic carbocycles. The van der Waals surface area contributed by atoms with Crippen molar-refractivity contribution in [2.24, 2.45) is 0 Å². The summed E-state index contributed by atoms with van der Waals surface area (Å²) in [5.41, 5.74) is 2.42. The highest BCUT2D eigenvalue weighted by Crippen LogP contribution is 2.29. The van der Waals surface area contributed by atoms with Crippen molar-refractivity contribution < 1.29 is 9.84 Å². The maximum atomic E-state index is 9.87. The Hall–Kier alpha value is -1.06. The zero-order chi connectivity index (χ0) is 14.5. The van der Waals surface area contributed by atoms with Crippen molar-refractivity contribution in [1.29, 1.82) is 0 Å². The van der Waals surface area contributed by atoms with E-state index in [0.717, 1.165) is 5.69 Å². The molecule has 0 heterocycles. The predicted octanol–water partition coefficient (Wildman–Crippen LogP) is 3.18. The van der Waals surface area contributed by atoms with Crippen molar-refractivity contribution in [3.8, 4) is 0 Å². The molecule has 1 atom stereocenters. The van der Waals surface area contributed by atoms with Crippen LogP contribution in [0.15, 0.2) is 24.3 Å². The standard InChI is InChI=1S/C16H27NO2/c1-12(2)19-11-13(18)10-17-15-9-7-6-8-14(15)16(3,4)5/h6-9,12-13,17-18H,10-11H2,1-5H3. The smallest absolute Gasteiger partial charge is 0.0945 e. The molecular formula is C16H27NO2. The Morgan fingerprint density at radius 3 is 2.42 bits per heavy atom. The monoisotopic (exact) mass is 265 g/mol. The van der Waals surface area contributed by atoms with Gasteiger partial charge in [0.15, 0.2) is 0 Å². The molecule has 0 fully saturated rings. The lowest BCUT2D eigenvalue weighted by Crippen LogP contribution is -2.27. The fourth-order valence-corrected chi connectivity index (χ4v) is 1.88. The summed E-state index contributed by atoms with van der Waals surface area (Å²) in [5.74, 6) is 0. The van der Waals surface area contributed by atoms with Crippen LogP contribution in [-0.2, 0) is 10.2 Å². The van der Waals surface area contributed by atoms with Crippen LogP contribution in [-0.4, -0.2) is 30.5 Å². The molecule has 0 saturated carbocycles. The predicted molar refractivity (Wildman–Crippen MR) is 80.7 cm³/mol. The van der Waals surface area contributed by atoms with Gasteiger partial charge in [0, 0.05) is 12.2 Å². The van der Waals surface area contributed by atoms with Crippen molar-refractivity contribution in [1.82, 2.24) is 0 Å². The van der Waals surface area contributed by atoms with Gasteiger partial charge in [-0.15, -0.1) is 0 Å². The van der Waals surface area contributed by atoms with Gasteiger partial charge in [-0.2, -0.15) is 0 Å². The Morgan fingerprint density at radius 1 is 1.21 bits per heavy atom. The molecule has 0 aliphatic heterocycles. The quantitative estimate of drug-likeness (QED) is 0.830. The Balaban J connectivity index is 2.58. The van der Waals surface area contributed by atoms with Crippen LogP contribution in [0.5, 0.6) is 0 Å². The Kier molecular flexibility index (Phi) is 5.83. The van der Waals surface area contributed by atoms with Crippen LogP contribution in [0.25, 0.3) is 0 Å². The number of para-hydroxylation sites is 1. The Bertz CT molecular complexity index is 383. The SMILES string of the molecule is CC(C)OCC(O)CNc1ccccc1C(C)(C)C. The fraction of sp³-hybridized carbons (Fsp3) is 0.625. The van der Waals surface area contributed by atoms with Crippen LogP contribution in [0, 0.1) is 0 Å². The molecule has 0 spiro atoms. The first-order chi connectivity index (χ1) is 8.80. The molecule has 2 N–H and O–H groups in total. The summed E-state index contributed by atoms with van der Waals surface area (Å²) in [4.78, 5) is 0. The van der Waals surface area contributed by atoms with Crippen LogP contribution in [0.4, 0.5) is 5.69 Å². The summed E-state index contributed by atoms with van der Waals surface area (Å²) in [6.45, 7) is 11.4. The van der Waals surface area contributed by atoms with E-state index in [1.165, 1.54) is 5.56 Å². The average Bonchev–Trinajstić information content (AvgIpc) is 2.33. The molecule has 0 radical (unpaired) electrons. The minimum absolute atomic E-state index is 0.0863. The molecule has 1 unspecified atom stereocenters. The lowest BCUT2D eigenvalue weighted by Gasteiger charge is -2.24. The van der Waals surface area contributed by atoms with Gasteiger partial charge in [0.05, 0.1) is 18.8 Å². The minimum atomic E-state index is -0.490. The molecule has 0 amide bonds. The maximum Gasteiger partial charge on any atom is 0.0945 e. The van der Waals surface area contributed by atoms with Crippen molar-refractivity contribution >= 4 is 5.69 Å². The van der Waals surface area contributed by atoms with Gasteiger partial charge < -0.3 is 15.2 Å². The molecule has 108 valence electrons. The average molecular weight is 265 g/mol. The van der Waals surface area contributed by atoms with Crippen LogP contribution >= 0.6 is 0 Å². The van der Waals surface area contributed by atoms with Crippen LogP contribution in [0.1, 0.15) is 40.2 Å². The van der Waals surface area contributed by atoms with Gasteiger partial charge in [0.2, 0.25) is 0 Å². The van der Waals surface area contributed by atoms with Gasteiger partial charge in [-0.25, -0.2) is 0 Å². The largest absolute Gasteiger partial charge is 0.389 e. The third-order valence-corrected chi connectivity index (χ3v) is 2.89. The van der Waals surface area contributed by atoms with E-state index in [0.29, 0.717) is 13.2 Å². The van der Waals surface area contributed by atoms with Crippen molar-refractivity contribution in [3.05, 3.63) is 29.8 Å². The molecule has 0 aromatic heterocycles. The van der Waals surface area contributed by atoms with Crippen LogP contribution < -0.4 is 5.32 Å². The number of rotatable bonds is 6. The van der Waals surface area contributed by atoms with E-state index >= 15 is 0 Å². The lowest BCUT2D eigenvalue weighted by molar-refractivity contribution is 0.0112. The van der Waals surface area contributed by atoms with E-state index < -0.39 is 6.10 Å². The third kappa shape index (κ3) is 5.62. The second-order valence-corrected chi connectivity index (χ2v) is 6.21. The first kappa shape index (κ1) is 16.0. The number of hydrogen-bond donors (Lipinski definition) is 2. The second kappa shape index (κ2) is 6.92. The summed E-state index contributed by atoms with van der Waals surface area (Å²) < 4.78 is 5.40. The molecule has 0 aliphatic rings. The molecule has 0 bridgehead atoms. The molecule has 1 rings (SSSR count). The zero-order valence-electron chi connectivity index (χ0n) is 12.7. The van der Waals surface area contributed by atoms with Crippen LogP contribution in [0.3, 0.4) is 0 Å². The summed E-state index contributed by atoms with van der Waals surface area (Å²) in [5, 5.41) is 13.2. The van der Waals surface area contributed by atoms with E-state index in [-0.39, 0.29) is 11.5 Å². The molecule has 19 heavy (non-hydrogen) atoms. The highest BCUT2D eigenvalue weighted by molar-refractivity contribution is 5.54. The van der Waals surface area contributed by atoms with Gasteiger partial charge in [-0.05, 0) is 30.9 Å². The highest BCUT2D eigenvalue weighted by Gasteiger charge is 2.17. The maximum absolute atomic E-state index is 9.87. The van der Waals surface area contributed by atoms with Gasteiger partial charge in [0.25, 0.3) is 0 Å². The van der Waals surface area contributed by atoms with E-state index in [9.17, 15) is 5.11 Å². The summed E-state index contributed by atoms with van der Waals surface area (Å²) in [6, 6.07) is 8.23. The van der Waals surface area contributed by atoms with Gasteiger partial charge in [-0.1, -0.05) is 39.0 Å². The van der Waals surface area contributed by atoms with Gasteiger partial charge in [0.1, 0.15) is 0 Å². The van der Waals surface area contributed by atoms with Crippen molar-refractivity contribution in [3.63, 3.8) is 0 Å². The molecule has 3 nitrogen and oxygen atoms in total. The minimum Gasteiger partial charge on any atom is -0.389 e. The number of anilines is 1. The van der Waals surface area contributed by atoms with Crippen molar-refractivity contribution in [2.75, 3.05) is 18.5 Å². The molecule has 0 aliphatic carbocycles. The van der Waals surface area contributed by atoms with E-state index in [2.05, 4.69) is 38.2 Å². The number of aliphatic hydroxyl groups is 1. The first-order valence-corrected chi connectivity index (χ1v) is 6.93. The van der Waals surface area contributed by atoms with Crippen molar-refractivity contribution in [2.45, 2.75) is 52.2 Å². The zero-order valence-corrected chi connectivity index (χ0v) is 12.7. The Morgan fingerprint density at radius 2 is 1.84 bits per heavy atom.